The first kappa shape index (κ1) is 16.2. The average molecular weight is 283 g/mol. The van der Waals surface area contributed by atoms with Crippen LogP contribution in [0, 0.1) is 5.92 Å². The predicted molar refractivity (Wildman–Crippen MR) is 83.3 cm³/mol. The van der Waals surface area contributed by atoms with Crippen molar-refractivity contribution in [2.24, 2.45) is 11.7 Å². The summed E-state index contributed by atoms with van der Waals surface area (Å²) in [5.41, 5.74) is 7.29. The van der Waals surface area contributed by atoms with Crippen molar-refractivity contribution in [2.45, 2.75) is 26.3 Å². The molecule has 2 unspecified atom stereocenters. The molecule has 0 aliphatic rings. The van der Waals surface area contributed by atoms with Gasteiger partial charge in [-0.1, -0.05) is 26.3 Å². The summed E-state index contributed by atoms with van der Waals surface area (Å²) in [7, 11) is 3.31. The molecule has 2 atom stereocenters. The van der Waals surface area contributed by atoms with E-state index in [0.29, 0.717) is 0 Å². The van der Waals surface area contributed by atoms with E-state index in [9.17, 15) is 0 Å². The van der Waals surface area contributed by atoms with E-state index in [-0.39, 0.29) is 6.04 Å². The van der Waals surface area contributed by atoms with Crippen molar-refractivity contribution < 1.29 is 9.47 Å². The lowest BCUT2D eigenvalue weighted by Crippen LogP contribution is -2.15. The zero-order valence-electron chi connectivity index (χ0n) is 12.3. The number of rotatable bonds is 8. The van der Waals surface area contributed by atoms with Gasteiger partial charge in [0.15, 0.2) is 0 Å². The van der Waals surface area contributed by atoms with Crippen LogP contribution >= 0.6 is 11.8 Å². The molecule has 0 aliphatic heterocycles. The standard InChI is InChI=1S/C15H25NO2S/c1-5-11(2)9-19-10-14(16)13-7-6-12(17-3)8-15(13)18-4/h6-8,11,14H,5,9-10,16H2,1-4H3. The van der Waals surface area contributed by atoms with E-state index in [1.54, 1.807) is 14.2 Å². The van der Waals surface area contributed by atoms with Gasteiger partial charge in [-0.05, 0) is 17.7 Å². The van der Waals surface area contributed by atoms with Crippen molar-refractivity contribution in [1.82, 2.24) is 0 Å². The van der Waals surface area contributed by atoms with Gasteiger partial charge in [0.05, 0.1) is 14.2 Å². The maximum Gasteiger partial charge on any atom is 0.127 e. The average Bonchev–Trinajstić information content (AvgIpc) is 2.45. The summed E-state index contributed by atoms with van der Waals surface area (Å²) >= 11 is 1.91. The first-order valence-electron chi connectivity index (χ1n) is 6.67. The Bertz CT molecular complexity index is 384. The summed E-state index contributed by atoms with van der Waals surface area (Å²) in [5, 5.41) is 0. The highest BCUT2D eigenvalue weighted by Gasteiger charge is 2.13. The van der Waals surface area contributed by atoms with Crippen LogP contribution in [-0.2, 0) is 0 Å². The molecule has 1 rings (SSSR count). The quantitative estimate of drug-likeness (QED) is 0.793. The largest absolute Gasteiger partial charge is 0.497 e. The van der Waals surface area contributed by atoms with Gasteiger partial charge in [0, 0.05) is 23.4 Å². The minimum Gasteiger partial charge on any atom is -0.497 e. The molecule has 0 spiro atoms. The van der Waals surface area contributed by atoms with Crippen LogP contribution in [0.15, 0.2) is 18.2 Å². The number of ether oxygens (including phenoxy) is 2. The molecule has 0 saturated carbocycles. The second kappa shape index (κ2) is 8.33. The fourth-order valence-electron chi connectivity index (χ4n) is 1.73. The van der Waals surface area contributed by atoms with E-state index in [2.05, 4.69) is 13.8 Å². The number of hydrogen-bond donors (Lipinski definition) is 1. The Morgan fingerprint density at radius 1 is 1.21 bits per heavy atom. The highest BCUT2D eigenvalue weighted by molar-refractivity contribution is 7.99. The van der Waals surface area contributed by atoms with E-state index in [4.69, 9.17) is 15.2 Å². The number of methoxy groups -OCH3 is 2. The topological polar surface area (TPSA) is 44.5 Å². The van der Waals surface area contributed by atoms with Gasteiger partial charge in [0.1, 0.15) is 11.5 Å². The Morgan fingerprint density at radius 2 is 1.95 bits per heavy atom. The summed E-state index contributed by atoms with van der Waals surface area (Å²) in [4.78, 5) is 0. The first-order valence-corrected chi connectivity index (χ1v) is 7.83. The molecule has 3 nitrogen and oxygen atoms in total. The molecule has 0 heterocycles. The number of benzene rings is 1. The monoisotopic (exact) mass is 283 g/mol. The highest BCUT2D eigenvalue weighted by atomic mass is 32.2. The molecule has 0 radical (unpaired) electrons. The lowest BCUT2D eigenvalue weighted by atomic mass is 10.1. The maximum atomic E-state index is 6.25. The van der Waals surface area contributed by atoms with Crippen molar-refractivity contribution in [3.63, 3.8) is 0 Å². The molecular weight excluding hydrogens is 258 g/mol. The summed E-state index contributed by atoms with van der Waals surface area (Å²) in [6.45, 7) is 4.49. The minimum absolute atomic E-state index is 0.00471. The van der Waals surface area contributed by atoms with Crippen molar-refractivity contribution in [1.29, 1.82) is 0 Å². The molecule has 0 aromatic heterocycles. The molecule has 1 aromatic carbocycles. The molecular formula is C15H25NO2S. The third-order valence-corrected chi connectivity index (χ3v) is 4.64. The van der Waals surface area contributed by atoms with Gasteiger partial charge in [0.25, 0.3) is 0 Å². The van der Waals surface area contributed by atoms with Crippen molar-refractivity contribution in [3.8, 4) is 11.5 Å². The smallest absolute Gasteiger partial charge is 0.127 e. The lowest BCUT2D eigenvalue weighted by molar-refractivity contribution is 0.389. The summed E-state index contributed by atoms with van der Waals surface area (Å²) in [6, 6.07) is 5.80. The third-order valence-electron chi connectivity index (χ3n) is 3.24. The SMILES string of the molecule is CCC(C)CSCC(N)c1ccc(OC)cc1OC. The van der Waals surface area contributed by atoms with E-state index in [1.165, 1.54) is 6.42 Å². The second-order valence-electron chi connectivity index (χ2n) is 4.77. The first-order chi connectivity index (χ1) is 9.12. The minimum atomic E-state index is -0.00471. The van der Waals surface area contributed by atoms with Crippen LogP contribution in [-0.4, -0.2) is 25.7 Å². The fourth-order valence-corrected chi connectivity index (χ4v) is 2.94. The van der Waals surface area contributed by atoms with E-state index < -0.39 is 0 Å². The summed E-state index contributed by atoms with van der Waals surface area (Å²) in [6.07, 6.45) is 1.22. The molecule has 2 N–H and O–H groups in total. The normalized spacial score (nSPS) is 13.9. The van der Waals surface area contributed by atoms with Crippen LogP contribution in [0.2, 0.25) is 0 Å². The van der Waals surface area contributed by atoms with Crippen molar-refractivity contribution in [2.75, 3.05) is 25.7 Å². The maximum absolute atomic E-state index is 6.25. The Labute approximate surface area is 120 Å². The number of nitrogens with two attached hydrogens (primary N) is 1. The van der Waals surface area contributed by atoms with Gasteiger partial charge in [0.2, 0.25) is 0 Å². The Morgan fingerprint density at radius 3 is 2.53 bits per heavy atom. The zero-order valence-corrected chi connectivity index (χ0v) is 13.1. The van der Waals surface area contributed by atoms with Crippen LogP contribution in [0.4, 0.5) is 0 Å². The van der Waals surface area contributed by atoms with E-state index in [1.807, 2.05) is 30.0 Å². The molecule has 19 heavy (non-hydrogen) atoms. The van der Waals surface area contributed by atoms with Crippen LogP contribution in [0.3, 0.4) is 0 Å². The molecule has 108 valence electrons. The van der Waals surface area contributed by atoms with Crippen LogP contribution in [0.5, 0.6) is 11.5 Å². The molecule has 0 bridgehead atoms. The van der Waals surface area contributed by atoms with Gasteiger partial charge in [-0.2, -0.15) is 11.8 Å². The van der Waals surface area contributed by atoms with Crippen molar-refractivity contribution >= 4 is 11.8 Å². The van der Waals surface area contributed by atoms with Gasteiger partial charge in [-0.15, -0.1) is 0 Å². The van der Waals surface area contributed by atoms with Gasteiger partial charge >= 0.3 is 0 Å². The van der Waals surface area contributed by atoms with Crippen LogP contribution in [0.25, 0.3) is 0 Å². The highest BCUT2D eigenvalue weighted by Crippen LogP contribution is 2.30. The predicted octanol–water partition coefficient (Wildman–Crippen LogP) is 3.48. The van der Waals surface area contributed by atoms with Gasteiger partial charge in [-0.25, -0.2) is 0 Å². The summed E-state index contributed by atoms with van der Waals surface area (Å²) in [5.74, 6) is 4.40. The zero-order chi connectivity index (χ0) is 14.3. The molecule has 0 aliphatic carbocycles. The van der Waals surface area contributed by atoms with Gasteiger partial charge < -0.3 is 15.2 Å². The Kier molecular flexibility index (Phi) is 7.10. The number of hydrogen-bond acceptors (Lipinski definition) is 4. The van der Waals surface area contributed by atoms with Crippen LogP contribution < -0.4 is 15.2 Å². The fraction of sp³-hybridized carbons (Fsp3) is 0.600. The lowest BCUT2D eigenvalue weighted by Gasteiger charge is -2.17. The van der Waals surface area contributed by atoms with Gasteiger partial charge in [-0.3, -0.25) is 0 Å². The molecule has 0 fully saturated rings. The molecule has 0 amide bonds. The molecule has 4 heteroatoms. The third kappa shape index (κ3) is 4.96. The Balaban J connectivity index is 2.63. The summed E-state index contributed by atoms with van der Waals surface area (Å²) < 4.78 is 10.6. The Hall–Kier alpha value is -0.870. The van der Waals surface area contributed by atoms with E-state index >= 15 is 0 Å². The van der Waals surface area contributed by atoms with Crippen molar-refractivity contribution in [3.05, 3.63) is 23.8 Å². The molecule has 0 saturated heterocycles. The number of thioether (sulfide) groups is 1. The van der Waals surface area contributed by atoms with E-state index in [0.717, 1.165) is 34.5 Å². The van der Waals surface area contributed by atoms with Crippen LogP contribution in [0.1, 0.15) is 31.9 Å². The second-order valence-corrected chi connectivity index (χ2v) is 5.84. The molecule has 1 aromatic rings.